The van der Waals surface area contributed by atoms with Crippen LogP contribution in [-0.4, -0.2) is 27.0 Å². The van der Waals surface area contributed by atoms with Crippen LogP contribution in [-0.2, 0) is 4.74 Å². The van der Waals surface area contributed by atoms with E-state index in [0.29, 0.717) is 0 Å². The molecule has 10 heteroatoms. The zero-order valence-electron chi connectivity index (χ0n) is 10.3. The predicted molar refractivity (Wildman–Crippen MR) is 67.3 cm³/mol. The Bertz CT molecular complexity index is 776. The van der Waals surface area contributed by atoms with Gasteiger partial charge in [-0.05, 0) is 0 Å². The van der Waals surface area contributed by atoms with Gasteiger partial charge in [0, 0.05) is 13.3 Å². The Kier molecular flexibility index (Phi) is 3.66. The van der Waals surface area contributed by atoms with E-state index in [1.54, 1.807) is 0 Å². The summed E-state index contributed by atoms with van der Waals surface area (Å²) in [6.45, 7) is 0. The molecule has 10 nitrogen and oxygen atoms in total. The lowest BCUT2D eigenvalue weighted by Crippen LogP contribution is -2.25. The van der Waals surface area contributed by atoms with Crippen molar-refractivity contribution in [2.75, 3.05) is 12.8 Å². The second-order valence-electron chi connectivity index (χ2n) is 3.68. The van der Waals surface area contributed by atoms with Crippen LogP contribution in [0.25, 0.3) is 0 Å². The molecule has 0 aliphatic carbocycles. The van der Waals surface area contributed by atoms with Crippen LogP contribution in [0.5, 0.6) is 5.75 Å². The summed E-state index contributed by atoms with van der Waals surface area (Å²) in [5.74, 6) is -0.181. The Morgan fingerprint density at radius 3 is 2.65 bits per heavy atom. The third-order valence-electron chi connectivity index (χ3n) is 2.36. The second kappa shape index (κ2) is 5.40. The molecule has 0 radical (unpaired) electrons. The molecule has 5 N–H and O–H groups in total. The van der Waals surface area contributed by atoms with Gasteiger partial charge in [-0.1, -0.05) is 0 Å². The van der Waals surface area contributed by atoms with E-state index in [-0.39, 0.29) is 17.1 Å². The molecule has 1 unspecified atom stereocenters. The highest BCUT2D eigenvalue weighted by atomic mass is 16.7. The first-order valence-corrected chi connectivity index (χ1v) is 5.37. The van der Waals surface area contributed by atoms with Gasteiger partial charge < -0.3 is 20.2 Å². The average molecular weight is 281 g/mol. The topological polar surface area (TPSA) is 156 Å². The first-order valence-electron chi connectivity index (χ1n) is 5.37. The van der Waals surface area contributed by atoms with E-state index in [9.17, 15) is 14.4 Å². The van der Waals surface area contributed by atoms with E-state index in [2.05, 4.69) is 15.0 Å². The number of rotatable bonds is 4. The van der Waals surface area contributed by atoms with Crippen molar-refractivity contribution in [3.63, 3.8) is 0 Å². The Balaban J connectivity index is 2.36. The molecule has 0 saturated carbocycles. The maximum atomic E-state index is 11.5. The molecule has 0 saturated heterocycles. The lowest BCUT2D eigenvalue weighted by Gasteiger charge is -2.17. The molecule has 0 aromatic carbocycles. The molecular formula is C10H11N5O5. The number of ether oxygens (including phenoxy) is 2. The van der Waals surface area contributed by atoms with Gasteiger partial charge in [-0.3, -0.25) is 14.8 Å². The fraction of sp³-hybridized carbons (Fsp3) is 0.200. The molecule has 0 aliphatic rings. The molecule has 1 atom stereocenters. The monoisotopic (exact) mass is 281 g/mol. The summed E-state index contributed by atoms with van der Waals surface area (Å²) in [5, 5.41) is 0. The quantitative estimate of drug-likeness (QED) is 0.494. The van der Waals surface area contributed by atoms with Gasteiger partial charge >= 0.3 is 11.4 Å². The molecule has 0 spiro atoms. The molecular weight excluding hydrogens is 270 g/mol. The van der Waals surface area contributed by atoms with Crippen LogP contribution in [0, 0.1) is 0 Å². The van der Waals surface area contributed by atoms with Crippen LogP contribution in [0.3, 0.4) is 0 Å². The van der Waals surface area contributed by atoms with Crippen molar-refractivity contribution in [3.05, 3.63) is 49.3 Å². The maximum absolute atomic E-state index is 11.5. The minimum atomic E-state index is -1.08. The number of hydrogen-bond acceptors (Lipinski definition) is 7. The number of nitrogen functional groups attached to an aromatic ring is 1. The highest BCUT2D eigenvalue weighted by Gasteiger charge is 2.18. The fourth-order valence-corrected chi connectivity index (χ4v) is 1.44. The van der Waals surface area contributed by atoms with Crippen LogP contribution in [0.1, 0.15) is 11.9 Å². The first-order chi connectivity index (χ1) is 9.51. The number of aromatic nitrogens is 4. The smallest absolute Gasteiger partial charge is 0.346 e. The van der Waals surface area contributed by atoms with Crippen molar-refractivity contribution in [1.82, 2.24) is 19.9 Å². The van der Waals surface area contributed by atoms with Gasteiger partial charge in [0.25, 0.3) is 5.56 Å². The van der Waals surface area contributed by atoms with E-state index in [1.165, 1.54) is 13.3 Å². The van der Waals surface area contributed by atoms with Gasteiger partial charge in [-0.2, -0.15) is 0 Å². The first kappa shape index (κ1) is 13.5. The number of nitrogens with one attached hydrogen (secondary N) is 3. The molecule has 20 heavy (non-hydrogen) atoms. The molecule has 106 valence electrons. The van der Waals surface area contributed by atoms with Gasteiger partial charge in [-0.25, -0.2) is 14.6 Å². The van der Waals surface area contributed by atoms with Crippen molar-refractivity contribution >= 4 is 5.82 Å². The fourth-order valence-electron chi connectivity index (χ4n) is 1.44. The van der Waals surface area contributed by atoms with Crippen molar-refractivity contribution < 1.29 is 9.47 Å². The number of hydrogen-bond donors (Lipinski definition) is 4. The van der Waals surface area contributed by atoms with E-state index in [1.807, 2.05) is 4.98 Å². The Labute approximate surface area is 110 Å². The van der Waals surface area contributed by atoms with E-state index in [0.717, 1.165) is 6.20 Å². The molecule has 0 fully saturated rings. The molecule has 2 aromatic rings. The summed E-state index contributed by atoms with van der Waals surface area (Å²) in [6, 6.07) is 0. The molecule has 0 aliphatic heterocycles. The van der Waals surface area contributed by atoms with Gasteiger partial charge in [0.1, 0.15) is 5.82 Å². The summed E-state index contributed by atoms with van der Waals surface area (Å²) in [7, 11) is 1.31. The molecule has 0 amide bonds. The van der Waals surface area contributed by atoms with Gasteiger partial charge in [0.2, 0.25) is 12.0 Å². The van der Waals surface area contributed by atoms with Crippen LogP contribution in [0.15, 0.2) is 26.8 Å². The molecule has 2 rings (SSSR count). The summed E-state index contributed by atoms with van der Waals surface area (Å²) in [5.41, 5.74) is 3.83. The van der Waals surface area contributed by atoms with E-state index in [4.69, 9.17) is 15.2 Å². The van der Waals surface area contributed by atoms with Crippen LogP contribution in [0.4, 0.5) is 5.82 Å². The standard InChI is InChI=1S/C10H11N5O5/c1-19-8(4-2-12-9(17)14-6(4)11)20-5-3-13-10(18)15-7(5)16/h2-3,8H,1H3,(H3,11,12,14,17)(H2,13,15,16,18). The normalized spacial score (nSPS) is 12.1. The third-order valence-corrected chi connectivity index (χ3v) is 2.36. The molecule has 2 heterocycles. The maximum Gasteiger partial charge on any atom is 0.346 e. The molecule has 0 bridgehead atoms. The Morgan fingerprint density at radius 2 is 2.05 bits per heavy atom. The second-order valence-corrected chi connectivity index (χ2v) is 3.68. The summed E-state index contributed by atoms with van der Waals surface area (Å²) in [6.07, 6.45) is 1.18. The molecule has 2 aromatic heterocycles. The largest absolute Gasteiger partial charge is 0.453 e. The third kappa shape index (κ3) is 2.75. The number of nitrogens with two attached hydrogens (primary N) is 1. The number of H-pyrrole nitrogens is 3. The lowest BCUT2D eigenvalue weighted by atomic mass is 10.3. The van der Waals surface area contributed by atoms with Crippen molar-refractivity contribution in [1.29, 1.82) is 0 Å². The van der Waals surface area contributed by atoms with Crippen LogP contribution in [0.2, 0.25) is 0 Å². The zero-order valence-corrected chi connectivity index (χ0v) is 10.3. The number of aromatic amines is 3. The average Bonchev–Trinajstić information content (AvgIpc) is 2.39. The minimum absolute atomic E-state index is 0.00213. The van der Waals surface area contributed by atoms with Crippen molar-refractivity contribution in [2.45, 2.75) is 6.29 Å². The van der Waals surface area contributed by atoms with Crippen molar-refractivity contribution in [3.8, 4) is 5.75 Å². The Hall–Kier alpha value is -2.88. The van der Waals surface area contributed by atoms with Crippen LogP contribution < -0.4 is 27.4 Å². The highest BCUT2D eigenvalue weighted by Crippen LogP contribution is 2.21. The SMILES string of the molecule is COC(Oc1c[nH]c(=O)[nH]c1=O)c1cnc(=O)[nH]c1N. The van der Waals surface area contributed by atoms with E-state index >= 15 is 0 Å². The summed E-state index contributed by atoms with van der Waals surface area (Å²) >= 11 is 0. The highest BCUT2D eigenvalue weighted by molar-refractivity contribution is 5.37. The lowest BCUT2D eigenvalue weighted by molar-refractivity contribution is -0.0572. The zero-order chi connectivity index (χ0) is 14.7. The summed E-state index contributed by atoms with van der Waals surface area (Å²) in [4.78, 5) is 43.4. The number of methoxy groups -OCH3 is 1. The summed E-state index contributed by atoms with van der Waals surface area (Å²) < 4.78 is 10.3. The van der Waals surface area contributed by atoms with Crippen molar-refractivity contribution in [2.24, 2.45) is 0 Å². The minimum Gasteiger partial charge on any atom is -0.453 e. The Morgan fingerprint density at radius 1 is 1.30 bits per heavy atom. The van der Waals surface area contributed by atoms with E-state index < -0.39 is 23.2 Å². The number of nitrogens with zero attached hydrogens (tertiary/aromatic N) is 1. The van der Waals surface area contributed by atoms with Gasteiger partial charge in [0.15, 0.2) is 0 Å². The number of anilines is 1. The van der Waals surface area contributed by atoms with Gasteiger partial charge in [-0.15, -0.1) is 0 Å². The van der Waals surface area contributed by atoms with Gasteiger partial charge in [0.05, 0.1) is 11.8 Å². The predicted octanol–water partition coefficient (Wildman–Crippen LogP) is -1.55. The van der Waals surface area contributed by atoms with Crippen LogP contribution >= 0.6 is 0 Å².